The van der Waals surface area contributed by atoms with E-state index < -0.39 is 10.0 Å². The molecule has 0 spiro atoms. The fourth-order valence-electron chi connectivity index (χ4n) is 2.80. The minimum atomic E-state index is -3.38. The molecule has 1 N–H and O–H groups in total. The van der Waals surface area contributed by atoms with Crippen LogP contribution >= 0.6 is 11.3 Å². The van der Waals surface area contributed by atoms with Crippen LogP contribution in [-0.2, 0) is 21.3 Å². The van der Waals surface area contributed by atoms with Gasteiger partial charge in [-0.2, -0.15) is 4.31 Å². The molecular weight excluding hydrogens is 308 g/mol. The minimum Gasteiger partial charge on any atom is -0.384 e. The Bertz CT molecular complexity index is 567. The zero-order valence-corrected chi connectivity index (χ0v) is 14.5. The van der Waals surface area contributed by atoms with Gasteiger partial charge in [0.2, 0.25) is 10.0 Å². The Morgan fingerprint density at radius 2 is 2.29 bits per heavy atom. The fraction of sp³-hybridized carbons (Fsp3) is 0.714. The number of nitrogens with zero attached hydrogens (tertiary/aromatic N) is 1. The molecule has 0 amide bonds. The van der Waals surface area contributed by atoms with Crippen molar-refractivity contribution in [2.24, 2.45) is 5.92 Å². The second-order valence-electron chi connectivity index (χ2n) is 5.49. The summed E-state index contributed by atoms with van der Waals surface area (Å²) in [5, 5.41) is 3.06. The summed E-state index contributed by atoms with van der Waals surface area (Å²) in [6.07, 6.45) is 1.94. The highest BCUT2D eigenvalue weighted by Crippen LogP contribution is 2.30. The molecule has 1 aliphatic heterocycles. The lowest BCUT2D eigenvalue weighted by Crippen LogP contribution is -2.41. The Labute approximate surface area is 131 Å². The van der Waals surface area contributed by atoms with Crippen molar-refractivity contribution in [2.45, 2.75) is 31.2 Å². The van der Waals surface area contributed by atoms with Crippen molar-refractivity contribution in [1.82, 2.24) is 9.62 Å². The number of methoxy groups -OCH3 is 1. The van der Waals surface area contributed by atoms with Gasteiger partial charge in [-0.25, -0.2) is 8.42 Å². The van der Waals surface area contributed by atoms with E-state index >= 15 is 0 Å². The van der Waals surface area contributed by atoms with Gasteiger partial charge in [0.1, 0.15) is 0 Å². The molecule has 1 fully saturated rings. The van der Waals surface area contributed by atoms with Crippen LogP contribution in [0.15, 0.2) is 11.0 Å². The highest BCUT2D eigenvalue weighted by Gasteiger charge is 2.32. The van der Waals surface area contributed by atoms with Crippen molar-refractivity contribution in [3.63, 3.8) is 0 Å². The van der Waals surface area contributed by atoms with Gasteiger partial charge >= 0.3 is 0 Å². The maximum absolute atomic E-state index is 12.8. The lowest BCUT2D eigenvalue weighted by atomic mass is 10.0. The summed E-state index contributed by atoms with van der Waals surface area (Å²) in [5.74, 6) is 0.300. The number of sulfonamides is 1. The lowest BCUT2D eigenvalue weighted by molar-refractivity contribution is 0.118. The molecule has 21 heavy (non-hydrogen) atoms. The molecule has 1 aromatic heterocycles. The van der Waals surface area contributed by atoms with Gasteiger partial charge < -0.3 is 10.1 Å². The molecule has 0 saturated carbocycles. The van der Waals surface area contributed by atoms with E-state index in [0.29, 0.717) is 37.1 Å². The Hall–Kier alpha value is -0.470. The Morgan fingerprint density at radius 1 is 1.52 bits per heavy atom. The van der Waals surface area contributed by atoms with E-state index in [-0.39, 0.29) is 0 Å². The topological polar surface area (TPSA) is 58.6 Å². The summed E-state index contributed by atoms with van der Waals surface area (Å²) in [6.45, 7) is 4.38. The molecule has 5 nitrogen and oxygen atoms in total. The summed E-state index contributed by atoms with van der Waals surface area (Å²) in [6, 6.07) is 1.81. The first-order chi connectivity index (χ1) is 9.98. The van der Waals surface area contributed by atoms with Crippen LogP contribution in [0.4, 0.5) is 0 Å². The van der Waals surface area contributed by atoms with Crippen molar-refractivity contribution in [3.8, 4) is 0 Å². The molecule has 7 heteroatoms. The number of hydrogen-bond acceptors (Lipinski definition) is 5. The van der Waals surface area contributed by atoms with E-state index in [0.717, 1.165) is 22.6 Å². The molecule has 2 rings (SSSR count). The maximum atomic E-state index is 12.8. The first kappa shape index (κ1) is 16.9. The van der Waals surface area contributed by atoms with E-state index in [9.17, 15) is 8.42 Å². The molecule has 1 saturated heterocycles. The number of nitrogens with one attached hydrogen (secondary N) is 1. The highest BCUT2D eigenvalue weighted by molar-refractivity contribution is 7.89. The summed E-state index contributed by atoms with van der Waals surface area (Å²) in [7, 11) is 0.150. The number of piperidine rings is 1. The van der Waals surface area contributed by atoms with Gasteiger partial charge in [-0.15, -0.1) is 11.3 Å². The van der Waals surface area contributed by atoms with Crippen LogP contribution in [0.3, 0.4) is 0 Å². The summed E-state index contributed by atoms with van der Waals surface area (Å²) in [5.41, 5.74) is 0. The number of rotatable bonds is 6. The van der Waals surface area contributed by atoms with Crippen molar-refractivity contribution in [2.75, 3.05) is 33.9 Å². The molecule has 0 aromatic carbocycles. The van der Waals surface area contributed by atoms with Crippen LogP contribution in [0, 0.1) is 12.8 Å². The SMILES string of the molecule is CNCc1cc(S(=O)(=O)N2CCCC(COC)C2)c(C)s1. The largest absolute Gasteiger partial charge is 0.384 e. The number of aryl methyl sites for hydroxylation is 1. The number of ether oxygens (including phenoxy) is 1. The quantitative estimate of drug-likeness (QED) is 0.863. The van der Waals surface area contributed by atoms with Crippen molar-refractivity contribution in [3.05, 3.63) is 15.8 Å². The highest BCUT2D eigenvalue weighted by atomic mass is 32.2. The van der Waals surface area contributed by atoms with Gasteiger partial charge in [0.25, 0.3) is 0 Å². The molecule has 1 aliphatic rings. The third-order valence-corrected chi connectivity index (χ3v) is 6.95. The minimum absolute atomic E-state index is 0.300. The van der Waals surface area contributed by atoms with Crippen LogP contribution in [0.5, 0.6) is 0 Å². The second-order valence-corrected chi connectivity index (χ2v) is 8.74. The van der Waals surface area contributed by atoms with Crippen LogP contribution in [-0.4, -0.2) is 46.6 Å². The predicted molar refractivity (Wildman–Crippen MR) is 85.2 cm³/mol. The smallest absolute Gasteiger partial charge is 0.244 e. The van der Waals surface area contributed by atoms with Gasteiger partial charge in [0.05, 0.1) is 11.5 Å². The molecule has 0 bridgehead atoms. The van der Waals surface area contributed by atoms with Crippen LogP contribution < -0.4 is 5.32 Å². The lowest BCUT2D eigenvalue weighted by Gasteiger charge is -2.31. The summed E-state index contributed by atoms with van der Waals surface area (Å²) in [4.78, 5) is 2.39. The Balaban J connectivity index is 2.20. The van der Waals surface area contributed by atoms with E-state index in [1.54, 1.807) is 22.8 Å². The molecule has 2 heterocycles. The molecule has 1 atom stereocenters. The number of thiophene rings is 1. The van der Waals surface area contributed by atoms with Crippen LogP contribution in [0.25, 0.3) is 0 Å². The maximum Gasteiger partial charge on any atom is 0.244 e. The van der Waals surface area contributed by atoms with E-state index in [1.807, 2.05) is 20.0 Å². The average molecular weight is 332 g/mol. The molecule has 1 unspecified atom stereocenters. The zero-order chi connectivity index (χ0) is 15.5. The molecule has 1 aromatic rings. The third-order valence-electron chi connectivity index (χ3n) is 3.78. The first-order valence-electron chi connectivity index (χ1n) is 7.22. The normalized spacial score (nSPS) is 20.8. The zero-order valence-electron chi connectivity index (χ0n) is 12.9. The molecule has 0 aliphatic carbocycles. The Morgan fingerprint density at radius 3 is 2.95 bits per heavy atom. The standard InChI is InChI=1S/C14H24N2O3S2/c1-11-14(7-13(20-11)8-15-2)21(17,18)16-6-4-5-12(9-16)10-19-3/h7,12,15H,4-6,8-10H2,1-3H3. The average Bonchev–Trinajstić information content (AvgIpc) is 2.81. The monoisotopic (exact) mass is 332 g/mol. The van der Waals surface area contributed by atoms with E-state index in [2.05, 4.69) is 5.32 Å². The molecular formula is C14H24N2O3S2. The van der Waals surface area contributed by atoms with Crippen molar-refractivity contribution >= 4 is 21.4 Å². The van der Waals surface area contributed by atoms with Gasteiger partial charge in [-0.1, -0.05) is 0 Å². The molecule has 120 valence electrons. The van der Waals surface area contributed by atoms with Crippen LogP contribution in [0.2, 0.25) is 0 Å². The van der Waals surface area contributed by atoms with E-state index in [4.69, 9.17) is 4.74 Å². The summed E-state index contributed by atoms with van der Waals surface area (Å²) < 4.78 is 32.5. The van der Waals surface area contributed by atoms with Gasteiger partial charge in [-0.3, -0.25) is 0 Å². The van der Waals surface area contributed by atoms with Gasteiger partial charge in [-0.05, 0) is 38.8 Å². The van der Waals surface area contributed by atoms with Gasteiger partial charge in [0, 0.05) is 36.5 Å². The van der Waals surface area contributed by atoms with E-state index in [1.165, 1.54) is 0 Å². The van der Waals surface area contributed by atoms with Crippen molar-refractivity contribution in [1.29, 1.82) is 0 Å². The van der Waals surface area contributed by atoms with Crippen molar-refractivity contribution < 1.29 is 13.2 Å². The fourth-order valence-corrected chi connectivity index (χ4v) is 5.97. The second kappa shape index (κ2) is 7.19. The predicted octanol–water partition coefficient (Wildman–Crippen LogP) is 1.82. The molecule has 0 radical (unpaired) electrons. The number of hydrogen-bond donors (Lipinski definition) is 1. The first-order valence-corrected chi connectivity index (χ1v) is 9.47. The third kappa shape index (κ3) is 3.84. The Kier molecular flexibility index (Phi) is 5.79. The summed E-state index contributed by atoms with van der Waals surface area (Å²) >= 11 is 1.55. The van der Waals surface area contributed by atoms with Gasteiger partial charge in [0.15, 0.2) is 0 Å². The van der Waals surface area contributed by atoms with Crippen LogP contribution in [0.1, 0.15) is 22.6 Å².